The van der Waals surface area contributed by atoms with Gasteiger partial charge < -0.3 is 20.7 Å². The van der Waals surface area contributed by atoms with E-state index in [0.29, 0.717) is 25.7 Å². The van der Waals surface area contributed by atoms with Crippen molar-refractivity contribution < 1.29 is 14.3 Å². The van der Waals surface area contributed by atoms with Crippen molar-refractivity contribution in [3.63, 3.8) is 0 Å². The van der Waals surface area contributed by atoms with Crippen LogP contribution in [0.15, 0.2) is 0 Å². The molecular formula is C12H24ClN3O3. The Kier molecular flexibility index (Phi) is 8.71. The molecule has 1 atom stereocenters. The number of carbonyl (C=O) groups is 2. The highest BCUT2D eigenvalue weighted by atomic mass is 35.5. The second-order valence-electron chi connectivity index (χ2n) is 4.93. The number of ether oxygens (including phenoxy) is 1. The van der Waals surface area contributed by atoms with E-state index in [1.165, 1.54) is 0 Å². The summed E-state index contributed by atoms with van der Waals surface area (Å²) in [5.74, 6) is 0.133. The number of nitrogens with two attached hydrogens (primary N) is 1. The van der Waals surface area contributed by atoms with Gasteiger partial charge in [0.2, 0.25) is 11.8 Å². The first-order valence-corrected chi connectivity index (χ1v) is 6.38. The summed E-state index contributed by atoms with van der Waals surface area (Å²) in [4.78, 5) is 24.9. The summed E-state index contributed by atoms with van der Waals surface area (Å²) < 4.78 is 5.41. The molecule has 19 heavy (non-hydrogen) atoms. The Morgan fingerprint density at radius 1 is 1.47 bits per heavy atom. The number of rotatable bonds is 5. The smallest absolute Gasteiger partial charge is 0.242 e. The van der Waals surface area contributed by atoms with Crippen LogP contribution in [0.5, 0.6) is 0 Å². The number of amides is 2. The zero-order valence-corrected chi connectivity index (χ0v) is 12.4. The summed E-state index contributed by atoms with van der Waals surface area (Å²) in [7, 11) is 0. The summed E-state index contributed by atoms with van der Waals surface area (Å²) in [5, 5.41) is 2.51. The maximum Gasteiger partial charge on any atom is 0.242 e. The molecule has 1 rings (SSSR count). The van der Waals surface area contributed by atoms with Crippen LogP contribution in [-0.4, -0.2) is 55.6 Å². The van der Waals surface area contributed by atoms with Crippen molar-refractivity contribution in [2.24, 2.45) is 11.7 Å². The summed E-state index contributed by atoms with van der Waals surface area (Å²) >= 11 is 0. The van der Waals surface area contributed by atoms with Crippen LogP contribution in [0.2, 0.25) is 0 Å². The number of carbonyl (C=O) groups excluding carboxylic acids is 2. The highest BCUT2D eigenvalue weighted by molar-refractivity contribution is 5.86. The van der Waals surface area contributed by atoms with Crippen LogP contribution in [0.1, 0.15) is 20.3 Å². The Labute approximate surface area is 120 Å². The lowest BCUT2D eigenvalue weighted by Gasteiger charge is -2.36. The predicted molar refractivity (Wildman–Crippen MR) is 75.1 cm³/mol. The van der Waals surface area contributed by atoms with E-state index in [-0.39, 0.29) is 43.4 Å². The molecule has 1 aliphatic rings. The molecule has 0 aromatic rings. The molecule has 0 spiro atoms. The molecule has 0 radical (unpaired) electrons. The van der Waals surface area contributed by atoms with Crippen LogP contribution in [0, 0.1) is 5.92 Å². The van der Waals surface area contributed by atoms with Gasteiger partial charge in [-0.1, -0.05) is 13.8 Å². The first-order chi connectivity index (χ1) is 8.54. The molecule has 1 aliphatic heterocycles. The third kappa shape index (κ3) is 6.22. The van der Waals surface area contributed by atoms with Gasteiger partial charge in [-0.25, -0.2) is 0 Å². The fourth-order valence-electron chi connectivity index (χ4n) is 2.07. The van der Waals surface area contributed by atoms with Crippen molar-refractivity contribution in [1.29, 1.82) is 0 Å². The third-order valence-electron chi connectivity index (χ3n) is 2.91. The quantitative estimate of drug-likeness (QED) is 0.732. The maximum atomic E-state index is 12.0. The molecule has 7 heteroatoms. The van der Waals surface area contributed by atoms with Crippen LogP contribution in [0.4, 0.5) is 0 Å². The molecule has 112 valence electrons. The molecule has 0 aromatic carbocycles. The highest BCUT2D eigenvalue weighted by Crippen LogP contribution is 2.15. The van der Waals surface area contributed by atoms with Crippen molar-refractivity contribution in [2.75, 3.05) is 32.8 Å². The van der Waals surface area contributed by atoms with E-state index in [4.69, 9.17) is 10.5 Å². The minimum absolute atomic E-state index is 0. The van der Waals surface area contributed by atoms with E-state index in [0.717, 1.165) is 6.42 Å². The van der Waals surface area contributed by atoms with Crippen LogP contribution in [-0.2, 0) is 14.3 Å². The average Bonchev–Trinajstić information content (AvgIpc) is 2.35. The van der Waals surface area contributed by atoms with E-state index in [1.807, 2.05) is 0 Å². The average molecular weight is 294 g/mol. The lowest BCUT2D eigenvalue weighted by atomic mass is 10.0. The highest BCUT2D eigenvalue weighted by Gasteiger charge is 2.27. The summed E-state index contributed by atoms with van der Waals surface area (Å²) in [5.41, 5.74) is 5.17. The van der Waals surface area contributed by atoms with Crippen LogP contribution >= 0.6 is 12.4 Å². The zero-order valence-electron chi connectivity index (χ0n) is 11.6. The van der Waals surface area contributed by atoms with Gasteiger partial charge in [-0.05, 0) is 12.3 Å². The fourth-order valence-corrected chi connectivity index (χ4v) is 2.07. The number of hydrogen-bond acceptors (Lipinski definition) is 4. The van der Waals surface area contributed by atoms with E-state index in [9.17, 15) is 9.59 Å². The van der Waals surface area contributed by atoms with Gasteiger partial charge >= 0.3 is 0 Å². The van der Waals surface area contributed by atoms with Crippen LogP contribution in [0.25, 0.3) is 0 Å². The molecule has 6 nitrogen and oxygen atoms in total. The van der Waals surface area contributed by atoms with Crippen molar-refractivity contribution in [3.05, 3.63) is 0 Å². The van der Waals surface area contributed by atoms with Crippen molar-refractivity contribution >= 4 is 24.2 Å². The molecule has 0 aliphatic carbocycles. The lowest BCUT2D eigenvalue weighted by Crippen LogP contribution is -2.52. The largest absolute Gasteiger partial charge is 0.377 e. The molecule has 3 N–H and O–H groups in total. The van der Waals surface area contributed by atoms with E-state index >= 15 is 0 Å². The monoisotopic (exact) mass is 293 g/mol. The minimum atomic E-state index is -0.308. The third-order valence-corrected chi connectivity index (χ3v) is 2.91. The molecule has 1 fully saturated rings. The number of hydrogen-bond donors (Lipinski definition) is 2. The summed E-state index contributed by atoms with van der Waals surface area (Å²) in [6, 6.07) is 0.112. The van der Waals surface area contributed by atoms with Crippen molar-refractivity contribution in [3.8, 4) is 0 Å². The van der Waals surface area contributed by atoms with Crippen molar-refractivity contribution in [2.45, 2.75) is 26.3 Å². The predicted octanol–water partition coefficient (Wildman–Crippen LogP) is -0.243. The Bertz CT molecular complexity index is 300. The van der Waals surface area contributed by atoms with Gasteiger partial charge in [-0.15, -0.1) is 12.4 Å². The Hall–Kier alpha value is -0.850. The van der Waals surface area contributed by atoms with Gasteiger partial charge in [0.25, 0.3) is 0 Å². The van der Waals surface area contributed by atoms with Crippen LogP contribution in [0.3, 0.4) is 0 Å². The number of nitrogens with zero attached hydrogens (tertiary/aromatic N) is 1. The summed E-state index contributed by atoms with van der Waals surface area (Å²) in [6.45, 7) is 5.89. The minimum Gasteiger partial charge on any atom is -0.377 e. The Balaban J connectivity index is 0.00000324. The van der Waals surface area contributed by atoms with E-state index in [1.54, 1.807) is 4.90 Å². The van der Waals surface area contributed by atoms with Gasteiger partial charge in [0.05, 0.1) is 32.3 Å². The molecular weight excluding hydrogens is 270 g/mol. The number of morpholine rings is 1. The van der Waals surface area contributed by atoms with Crippen molar-refractivity contribution in [1.82, 2.24) is 10.2 Å². The molecule has 1 heterocycles. The van der Waals surface area contributed by atoms with Gasteiger partial charge in [0.1, 0.15) is 0 Å². The van der Waals surface area contributed by atoms with Gasteiger partial charge in [-0.2, -0.15) is 0 Å². The lowest BCUT2D eigenvalue weighted by molar-refractivity contribution is -0.140. The Morgan fingerprint density at radius 2 is 2.16 bits per heavy atom. The summed E-state index contributed by atoms with van der Waals surface area (Å²) in [6.07, 6.45) is 0.913. The topological polar surface area (TPSA) is 84.7 Å². The van der Waals surface area contributed by atoms with Crippen LogP contribution < -0.4 is 11.1 Å². The Morgan fingerprint density at radius 3 is 2.74 bits per heavy atom. The number of halogens is 1. The van der Waals surface area contributed by atoms with Gasteiger partial charge in [0.15, 0.2) is 0 Å². The molecule has 0 aromatic heterocycles. The fraction of sp³-hybridized carbons (Fsp3) is 0.833. The first-order valence-electron chi connectivity index (χ1n) is 6.38. The van der Waals surface area contributed by atoms with Gasteiger partial charge in [-0.3, -0.25) is 9.59 Å². The van der Waals surface area contributed by atoms with E-state index < -0.39 is 0 Å². The molecule has 0 bridgehead atoms. The standard InChI is InChI=1S/C12H23N3O3.ClH/c1-9(2)5-10-8-18-4-3-15(10)12(17)7-14-11(16)6-13;/h9-10H,3-8,13H2,1-2H3,(H,14,16);1H. The molecule has 0 saturated carbocycles. The SMILES string of the molecule is CC(C)CC1COCCN1C(=O)CNC(=O)CN.Cl. The second-order valence-corrected chi connectivity index (χ2v) is 4.93. The molecule has 1 unspecified atom stereocenters. The van der Waals surface area contributed by atoms with E-state index in [2.05, 4.69) is 19.2 Å². The second kappa shape index (κ2) is 9.12. The van der Waals surface area contributed by atoms with Gasteiger partial charge in [0, 0.05) is 6.54 Å². The molecule has 1 saturated heterocycles. The zero-order chi connectivity index (χ0) is 13.5. The first kappa shape index (κ1) is 18.1. The normalized spacial score (nSPS) is 18.9. The molecule has 2 amide bonds. The maximum absolute atomic E-state index is 12.0. The number of nitrogens with one attached hydrogen (secondary N) is 1.